The summed E-state index contributed by atoms with van der Waals surface area (Å²) in [6.07, 6.45) is 0.992. The van der Waals surface area contributed by atoms with E-state index in [2.05, 4.69) is 0 Å². The van der Waals surface area contributed by atoms with Crippen LogP contribution in [0.2, 0.25) is 0 Å². The Kier molecular flexibility index (Phi) is 5.47. The van der Waals surface area contributed by atoms with Crippen molar-refractivity contribution in [3.8, 4) is 0 Å². The van der Waals surface area contributed by atoms with E-state index in [9.17, 15) is 9.18 Å². The van der Waals surface area contributed by atoms with Crippen LogP contribution < -0.4 is 0 Å². The molecule has 0 radical (unpaired) electrons. The Morgan fingerprint density at radius 2 is 1.75 bits per heavy atom. The van der Waals surface area contributed by atoms with E-state index in [4.69, 9.17) is 4.74 Å². The summed E-state index contributed by atoms with van der Waals surface area (Å²) in [5.41, 5.74) is 1.99. The molecular formula is C20H22FNO2. The Bertz CT molecular complexity index is 647. The first kappa shape index (κ1) is 16.5. The molecular weight excluding hydrogens is 305 g/mol. The Labute approximate surface area is 142 Å². The molecule has 126 valence electrons. The van der Waals surface area contributed by atoms with Crippen LogP contribution >= 0.6 is 0 Å². The van der Waals surface area contributed by atoms with Gasteiger partial charge in [-0.2, -0.15) is 0 Å². The lowest BCUT2D eigenvalue weighted by atomic mass is 9.88. The minimum Gasteiger partial charge on any atom is -0.445 e. The molecule has 2 aromatic carbocycles. The number of amides is 1. The first-order valence-electron chi connectivity index (χ1n) is 8.36. The molecule has 0 aromatic heterocycles. The van der Waals surface area contributed by atoms with Crippen LogP contribution in [-0.4, -0.2) is 24.2 Å². The molecule has 1 fully saturated rings. The highest BCUT2D eigenvalue weighted by Crippen LogP contribution is 2.34. The van der Waals surface area contributed by atoms with E-state index >= 15 is 0 Å². The molecule has 3 nitrogen and oxygen atoms in total. The number of piperidine rings is 1. The molecule has 2 aromatic rings. The van der Waals surface area contributed by atoms with Crippen molar-refractivity contribution in [1.82, 2.24) is 4.90 Å². The van der Waals surface area contributed by atoms with Crippen molar-refractivity contribution in [3.63, 3.8) is 0 Å². The Hall–Kier alpha value is -2.36. The van der Waals surface area contributed by atoms with E-state index in [1.807, 2.05) is 60.7 Å². The van der Waals surface area contributed by atoms with E-state index in [1.54, 1.807) is 4.90 Å². The van der Waals surface area contributed by atoms with Gasteiger partial charge in [-0.05, 0) is 29.9 Å². The quantitative estimate of drug-likeness (QED) is 0.811. The molecule has 0 spiro atoms. The molecule has 0 saturated carbocycles. The van der Waals surface area contributed by atoms with Gasteiger partial charge in [0, 0.05) is 6.54 Å². The fourth-order valence-electron chi connectivity index (χ4n) is 3.19. The Morgan fingerprint density at radius 3 is 2.42 bits per heavy atom. The molecule has 2 unspecified atom stereocenters. The number of hydrogen-bond donors (Lipinski definition) is 0. The van der Waals surface area contributed by atoms with Gasteiger partial charge in [-0.25, -0.2) is 4.79 Å². The Balaban J connectivity index is 1.70. The minimum atomic E-state index is -0.337. The van der Waals surface area contributed by atoms with Crippen LogP contribution in [-0.2, 0) is 11.3 Å². The van der Waals surface area contributed by atoms with Crippen molar-refractivity contribution in [2.24, 2.45) is 5.92 Å². The second kappa shape index (κ2) is 7.95. The van der Waals surface area contributed by atoms with Crippen LogP contribution in [0.5, 0.6) is 0 Å². The van der Waals surface area contributed by atoms with Crippen LogP contribution in [0.1, 0.15) is 30.0 Å². The van der Waals surface area contributed by atoms with E-state index < -0.39 is 0 Å². The zero-order chi connectivity index (χ0) is 16.8. The van der Waals surface area contributed by atoms with E-state index in [0.717, 1.165) is 11.1 Å². The van der Waals surface area contributed by atoms with Gasteiger partial charge in [-0.3, -0.25) is 4.39 Å². The van der Waals surface area contributed by atoms with Crippen LogP contribution in [0, 0.1) is 5.92 Å². The highest BCUT2D eigenvalue weighted by molar-refractivity contribution is 5.68. The van der Waals surface area contributed by atoms with Crippen molar-refractivity contribution < 1.29 is 13.9 Å². The minimum absolute atomic E-state index is 0.00776. The molecule has 0 bridgehead atoms. The van der Waals surface area contributed by atoms with Gasteiger partial charge in [0.25, 0.3) is 0 Å². The molecule has 0 N–H and O–H groups in total. The smallest absolute Gasteiger partial charge is 0.410 e. The van der Waals surface area contributed by atoms with Gasteiger partial charge in [0.1, 0.15) is 6.61 Å². The van der Waals surface area contributed by atoms with Gasteiger partial charge in [-0.15, -0.1) is 0 Å². The van der Waals surface area contributed by atoms with Crippen LogP contribution in [0.3, 0.4) is 0 Å². The number of benzene rings is 2. The standard InChI is InChI=1S/C20H22FNO2/c21-14-17-11-12-22(19(13-17)18-9-5-2-6-10-18)20(23)24-15-16-7-3-1-4-8-16/h1-10,17,19H,11-15H2. The van der Waals surface area contributed by atoms with Crippen LogP contribution in [0.15, 0.2) is 60.7 Å². The van der Waals surface area contributed by atoms with Crippen LogP contribution in [0.4, 0.5) is 9.18 Å². The average Bonchev–Trinajstić information content (AvgIpc) is 2.67. The van der Waals surface area contributed by atoms with E-state index in [0.29, 0.717) is 19.4 Å². The highest BCUT2D eigenvalue weighted by atomic mass is 19.1. The monoisotopic (exact) mass is 327 g/mol. The molecule has 2 atom stereocenters. The number of carbonyl (C=O) groups excluding carboxylic acids is 1. The lowest BCUT2D eigenvalue weighted by Gasteiger charge is -2.38. The van der Waals surface area contributed by atoms with Crippen molar-refractivity contribution in [2.45, 2.75) is 25.5 Å². The Morgan fingerprint density at radius 1 is 1.08 bits per heavy atom. The van der Waals surface area contributed by atoms with Gasteiger partial charge in [0.2, 0.25) is 0 Å². The predicted octanol–water partition coefficient (Wildman–Crippen LogP) is 4.75. The largest absolute Gasteiger partial charge is 0.445 e. The zero-order valence-electron chi connectivity index (χ0n) is 13.6. The first-order chi connectivity index (χ1) is 11.8. The van der Waals surface area contributed by atoms with Crippen LogP contribution in [0.25, 0.3) is 0 Å². The number of ether oxygens (including phenoxy) is 1. The lowest BCUT2D eigenvalue weighted by molar-refractivity contribution is 0.0530. The molecule has 24 heavy (non-hydrogen) atoms. The molecule has 3 rings (SSSR count). The summed E-state index contributed by atoms with van der Waals surface area (Å²) in [7, 11) is 0. The maximum atomic E-state index is 13.1. The lowest BCUT2D eigenvalue weighted by Crippen LogP contribution is -2.41. The number of carbonyl (C=O) groups is 1. The first-order valence-corrected chi connectivity index (χ1v) is 8.36. The van der Waals surface area contributed by atoms with Gasteiger partial charge in [-0.1, -0.05) is 60.7 Å². The summed E-state index contributed by atoms with van der Waals surface area (Å²) in [4.78, 5) is 14.3. The number of nitrogens with zero attached hydrogens (tertiary/aromatic N) is 1. The maximum absolute atomic E-state index is 13.1. The second-order valence-corrected chi connectivity index (χ2v) is 6.20. The summed E-state index contributed by atoms with van der Waals surface area (Å²) in [5.74, 6) is 0.00776. The van der Waals surface area contributed by atoms with E-state index in [1.165, 1.54) is 0 Å². The molecule has 1 aliphatic heterocycles. The van der Waals surface area contributed by atoms with Gasteiger partial charge in [0.15, 0.2) is 0 Å². The number of halogens is 1. The summed E-state index contributed by atoms with van der Waals surface area (Å²) in [5, 5.41) is 0. The number of alkyl halides is 1. The average molecular weight is 327 g/mol. The normalized spacial score (nSPS) is 20.6. The molecule has 1 saturated heterocycles. The topological polar surface area (TPSA) is 29.5 Å². The molecule has 0 aliphatic carbocycles. The summed E-state index contributed by atoms with van der Waals surface area (Å²) < 4.78 is 18.6. The zero-order valence-corrected chi connectivity index (χ0v) is 13.6. The summed E-state index contributed by atoms with van der Waals surface area (Å²) in [6, 6.07) is 19.3. The molecule has 1 aliphatic rings. The number of hydrogen-bond acceptors (Lipinski definition) is 2. The van der Waals surface area contributed by atoms with Crippen molar-refractivity contribution in [3.05, 3.63) is 71.8 Å². The molecule has 4 heteroatoms. The highest BCUT2D eigenvalue weighted by Gasteiger charge is 2.33. The predicted molar refractivity (Wildman–Crippen MR) is 91.2 cm³/mol. The fraction of sp³-hybridized carbons (Fsp3) is 0.350. The molecule has 1 amide bonds. The van der Waals surface area contributed by atoms with Gasteiger partial charge < -0.3 is 9.64 Å². The number of likely N-dealkylation sites (tertiary alicyclic amines) is 1. The van der Waals surface area contributed by atoms with Crippen molar-refractivity contribution in [2.75, 3.05) is 13.2 Å². The summed E-state index contributed by atoms with van der Waals surface area (Å²) >= 11 is 0. The molecule has 1 heterocycles. The second-order valence-electron chi connectivity index (χ2n) is 6.20. The SMILES string of the molecule is O=C(OCc1ccccc1)N1CCC(CF)CC1c1ccccc1. The van der Waals surface area contributed by atoms with Gasteiger partial charge in [0.05, 0.1) is 12.7 Å². The third-order valence-electron chi connectivity index (χ3n) is 4.55. The van der Waals surface area contributed by atoms with Crippen molar-refractivity contribution >= 4 is 6.09 Å². The van der Waals surface area contributed by atoms with Gasteiger partial charge >= 0.3 is 6.09 Å². The fourth-order valence-corrected chi connectivity index (χ4v) is 3.19. The van der Waals surface area contributed by atoms with E-state index in [-0.39, 0.29) is 31.3 Å². The van der Waals surface area contributed by atoms with Crippen molar-refractivity contribution in [1.29, 1.82) is 0 Å². The maximum Gasteiger partial charge on any atom is 0.410 e. The number of rotatable bonds is 4. The summed E-state index contributed by atoms with van der Waals surface area (Å²) in [6.45, 7) is 0.447. The third kappa shape index (κ3) is 3.94. The third-order valence-corrected chi connectivity index (χ3v) is 4.55.